The molecule has 4 rings (SSSR count). The standard InChI is InChI=1S/C25H23N5O2/c26-25(32)28-22-13-7-12-20(14-22)24(31)27-15-21-17-30(16-18-8-3-1-4-9-18)29-23(21)19-10-5-2-6-11-19/h1-14,17H,15-16H2,(H,27,31)(H3,26,28,32). The number of aromatic nitrogens is 2. The van der Waals surface area contributed by atoms with Gasteiger partial charge >= 0.3 is 6.03 Å². The van der Waals surface area contributed by atoms with Gasteiger partial charge in [-0.25, -0.2) is 4.79 Å². The van der Waals surface area contributed by atoms with Crippen molar-refractivity contribution in [1.82, 2.24) is 15.1 Å². The molecule has 0 saturated carbocycles. The van der Waals surface area contributed by atoms with Crippen LogP contribution in [-0.4, -0.2) is 21.7 Å². The molecule has 0 aliphatic rings. The molecule has 7 nitrogen and oxygen atoms in total. The number of rotatable bonds is 7. The minimum absolute atomic E-state index is 0.257. The van der Waals surface area contributed by atoms with Gasteiger partial charge in [0.25, 0.3) is 5.91 Å². The number of nitrogens with one attached hydrogen (secondary N) is 2. The number of hydrogen-bond donors (Lipinski definition) is 3. The van der Waals surface area contributed by atoms with E-state index in [2.05, 4.69) is 22.8 Å². The molecular formula is C25H23N5O2. The highest BCUT2D eigenvalue weighted by molar-refractivity contribution is 5.96. The van der Waals surface area contributed by atoms with Crippen molar-refractivity contribution in [3.8, 4) is 11.3 Å². The first-order chi connectivity index (χ1) is 15.6. The Balaban J connectivity index is 1.54. The second kappa shape index (κ2) is 9.61. The van der Waals surface area contributed by atoms with Crippen molar-refractivity contribution in [1.29, 1.82) is 0 Å². The smallest absolute Gasteiger partial charge is 0.316 e. The van der Waals surface area contributed by atoms with Gasteiger partial charge in [-0.05, 0) is 23.8 Å². The van der Waals surface area contributed by atoms with Crippen molar-refractivity contribution >= 4 is 17.6 Å². The van der Waals surface area contributed by atoms with Gasteiger partial charge in [0, 0.05) is 35.1 Å². The number of anilines is 1. The van der Waals surface area contributed by atoms with Crippen LogP contribution in [0.25, 0.3) is 11.3 Å². The van der Waals surface area contributed by atoms with E-state index in [0.717, 1.165) is 22.4 Å². The Hall–Kier alpha value is -4.39. The summed E-state index contributed by atoms with van der Waals surface area (Å²) < 4.78 is 1.89. The van der Waals surface area contributed by atoms with Gasteiger partial charge in [-0.2, -0.15) is 5.10 Å². The highest BCUT2D eigenvalue weighted by Crippen LogP contribution is 2.22. The summed E-state index contributed by atoms with van der Waals surface area (Å²) in [6, 6.07) is 25.9. The van der Waals surface area contributed by atoms with Crippen LogP contribution in [0.4, 0.5) is 10.5 Å². The predicted octanol–water partition coefficient (Wildman–Crippen LogP) is 4.02. The first kappa shape index (κ1) is 20.9. The molecule has 0 unspecified atom stereocenters. The number of primary amides is 1. The Morgan fingerprint density at radius 3 is 2.34 bits per heavy atom. The molecule has 1 heterocycles. The Morgan fingerprint density at radius 1 is 0.906 bits per heavy atom. The molecule has 160 valence electrons. The van der Waals surface area contributed by atoms with E-state index in [9.17, 15) is 9.59 Å². The van der Waals surface area contributed by atoms with Crippen LogP contribution in [0.15, 0.2) is 91.1 Å². The second-order valence-electron chi connectivity index (χ2n) is 7.30. The van der Waals surface area contributed by atoms with E-state index in [4.69, 9.17) is 10.8 Å². The molecule has 0 radical (unpaired) electrons. The summed E-state index contributed by atoms with van der Waals surface area (Å²) in [5.41, 5.74) is 9.90. The van der Waals surface area contributed by atoms with Crippen LogP contribution in [-0.2, 0) is 13.1 Å². The van der Waals surface area contributed by atoms with Gasteiger partial charge in [0.2, 0.25) is 0 Å². The minimum atomic E-state index is -0.680. The molecule has 3 aromatic carbocycles. The molecular weight excluding hydrogens is 402 g/mol. The molecule has 7 heteroatoms. The molecule has 32 heavy (non-hydrogen) atoms. The van der Waals surface area contributed by atoms with E-state index in [1.54, 1.807) is 24.3 Å². The summed E-state index contributed by atoms with van der Waals surface area (Å²) in [7, 11) is 0. The summed E-state index contributed by atoms with van der Waals surface area (Å²) in [5.74, 6) is -0.257. The second-order valence-corrected chi connectivity index (χ2v) is 7.30. The quantitative estimate of drug-likeness (QED) is 0.417. The molecule has 0 spiro atoms. The molecule has 0 aliphatic carbocycles. The van der Waals surface area contributed by atoms with Gasteiger partial charge in [0.05, 0.1) is 12.2 Å². The monoisotopic (exact) mass is 425 g/mol. The highest BCUT2D eigenvalue weighted by atomic mass is 16.2. The van der Waals surface area contributed by atoms with E-state index in [-0.39, 0.29) is 5.91 Å². The summed E-state index contributed by atoms with van der Waals surface area (Å²) in [4.78, 5) is 23.8. The minimum Gasteiger partial charge on any atom is -0.351 e. The topological polar surface area (TPSA) is 102 Å². The first-order valence-electron chi connectivity index (χ1n) is 10.2. The maximum atomic E-state index is 12.7. The normalized spacial score (nSPS) is 10.5. The summed E-state index contributed by atoms with van der Waals surface area (Å²) in [6.07, 6.45) is 1.96. The number of nitrogens with two attached hydrogens (primary N) is 1. The van der Waals surface area contributed by atoms with Crippen LogP contribution < -0.4 is 16.4 Å². The van der Waals surface area contributed by atoms with Gasteiger partial charge in [-0.3, -0.25) is 9.48 Å². The van der Waals surface area contributed by atoms with Crippen LogP contribution in [0.2, 0.25) is 0 Å². The van der Waals surface area contributed by atoms with Crippen LogP contribution in [0.3, 0.4) is 0 Å². The highest BCUT2D eigenvalue weighted by Gasteiger charge is 2.14. The average molecular weight is 425 g/mol. The largest absolute Gasteiger partial charge is 0.351 e. The van der Waals surface area contributed by atoms with Crippen LogP contribution in [0, 0.1) is 0 Å². The summed E-state index contributed by atoms with van der Waals surface area (Å²) in [6.45, 7) is 0.945. The van der Waals surface area contributed by atoms with E-state index >= 15 is 0 Å². The fourth-order valence-corrected chi connectivity index (χ4v) is 3.44. The lowest BCUT2D eigenvalue weighted by molar-refractivity contribution is 0.0951. The Bertz CT molecular complexity index is 1220. The summed E-state index contributed by atoms with van der Waals surface area (Å²) >= 11 is 0. The molecule has 4 aromatic rings. The lowest BCUT2D eigenvalue weighted by Gasteiger charge is -2.08. The van der Waals surface area contributed by atoms with Crippen molar-refractivity contribution in [2.45, 2.75) is 13.1 Å². The molecule has 3 amide bonds. The molecule has 0 saturated heterocycles. The Morgan fingerprint density at radius 2 is 1.62 bits per heavy atom. The third-order valence-corrected chi connectivity index (χ3v) is 4.90. The number of benzene rings is 3. The summed E-state index contributed by atoms with van der Waals surface area (Å²) in [5, 5.41) is 10.2. The third kappa shape index (κ3) is 5.20. The maximum absolute atomic E-state index is 12.7. The zero-order chi connectivity index (χ0) is 22.3. The number of nitrogens with zero attached hydrogens (tertiary/aromatic N) is 2. The van der Waals surface area contributed by atoms with Gasteiger partial charge in [0.1, 0.15) is 0 Å². The van der Waals surface area contributed by atoms with Crippen molar-refractivity contribution in [2.24, 2.45) is 5.73 Å². The molecule has 0 bridgehead atoms. The van der Waals surface area contributed by atoms with Crippen molar-refractivity contribution in [2.75, 3.05) is 5.32 Å². The van der Waals surface area contributed by atoms with E-state index in [1.165, 1.54) is 0 Å². The van der Waals surface area contributed by atoms with E-state index in [0.29, 0.717) is 24.3 Å². The average Bonchev–Trinajstić information content (AvgIpc) is 3.21. The third-order valence-electron chi connectivity index (χ3n) is 4.90. The lowest BCUT2D eigenvalue weighted by atomic mass is 10.1. The maximum Gasteiger partial charge on any atom is 0.316 e. The Labute approximate surface area is 185 Å². The van der Waals surface area contributed by atoms with Gasteiger partial charge in [-0.15, -0.1) is 0 Å². The molecule has 0 fully saturated rings. The number of hydrogen-bond acceptors (Lipinski definition) is 3. The van der Waals surface area contributed by atoms with Crippen LogP contribution >= 0.6 is 0 Å². The number of carbonyl (C=O) groups is 2. The fraction of sp³-hybridized carbons (Fsp3) is 0.0800. The van der Waals surface area contributed by atoms with Crippen molar-refractivity contribution in [3.05, 3.63) is 108 Å². The molecule has 1 aromatic heterocycles. The predicted molar refractivity (Wildman–Crippen MR) is 124 cm³/mol. The SMILES string of the molecule is NC(=O)Nc1cccc(C(=O)NCc2cn(Cc3ccccc3)nc2-c2ccccc2)c1. The van der Waals surface area contributed by atoms with Crippen molar-refractivity contribution in [3.63, 3.8) is 0 Å². The van der Waals surface area contributed by atoms with Gasteiger partial charge in [-0.1, -0.05) is 66.7 Å². The first-order valence-corrected chi connectivity index (χ1v) is 10.2. The fourth-order valence-electron chi connectivity index (χ4n) is 3.44. The van der Waals surface area contributed by atoms with Crippen LogP contribution in [0.1, 0.15) is 21.5 Å². The molecule has 0 aliphatic heterocycles. The zero-order valence-electron chi connectivity index (χ0n) is 17.4. The number of urea groups is 1. The number of carbonyl (C=O) groups excluding carboxylic acids is 2. The van der Waals surface area contributed by atoms with Gasteiger partial charge in [0.15, 0.2) is 0 Å². The zero-order valence-corrected chi connectivity index (χ0v) is 17.4. The molecule has 0 atom stereocenters. The lowest BCUT2D eigenvalue weighted by Crippen LogP contribution is -2.23. The Kier molecular flexibility index (Phi) is 6.27. The van der Waals surface area contributed by atoms with Gasteiger partial charge < -0.3 is 16.4 Å². The van der Waals surface area contributed by atoms with Crippen LogP contribution in [0.5, 0.6) is 0 Å². The molecule has 4 N–H and O–H groups in total. The number of amides is 3. The van der Waals surface area contributed by atoms with Crippen molar-refractivity contribution < 1.29 is 9.59 Å². The van der Waals surface area contributed by atoms with E-state index in [1.807, 2.05) is 59.4 Å². The van der Waals surface area contributed by atoms with E-state index < -0.39 is 6.03 Å².